The third kappa shape index (κ3) is 5.20. The molecule has 2 heterocycles. The number of benzene rings is 2. The van der Waals surface area contributed by atoms with Crippen LogP contribution in [0.25, 0.3) is 22.1 Å². The molecule has 3 aromatic rings. The number of carbonyl (C=O) groups is 2. The van der Waals surface area contributed by atoms with Crippen LogP contribution in [0.1, 0.15) is 30.9 Å². The Morgan fingerprint density at radius 3 is 2.48 bits per heavy atom. The van der Waals surface area contributed by atoms with E-state index in [-0.39, 0.29) is 23.9 Å². The van der Waals surface area contributed by atoms with Crippen LogP contribution >= 0.6 is 0 Å². The lowest BCUT2D eigenvalue weighted by molar-refractivity contribution is -0.133. The first-order chi connectivity index (χ1) is 14.9. The van der Waals surface area contributed by atoms with E-state index in [1.807, 2.05) is 61.2 Å². The van der Waals surface area contributed by atoms with Gasteiger partial charge in [-0.3, -0.25) is 9.59 Å². The van der Waals surface area contributed by atoms with Crippen molar-refractivity contribution in [2.45, 2.75) is 33.1 Å². The molecule has 0 spiro atoms. The highest BCUT2D eigenvalue weighted by atomic mass is 16.4. The molecular formula is C25H27NO5. The maximum Gasteiger partial charge on any atom is 0.336 e. The zero-order valence-corrected chi connectivity index (χ0v) is 17.8. The smallest absolute Gasteiger partial charge is 0.336 e. The Bertz CT molecular complexity index is 1130. The number of hydrogen-bond acceptors (Lipinski definition) is 4. The summed E-state index contributed by atoms with van der Waals surface area (Å²) in [6.45, 7) is 5.51. The molecule has 1 aromatic heterocycles. The fraction of sp³-hybridized carbons (Fsp3) is 0.320. The predicted molar refractivity (Wildman–Crippen MR) is 120 cm³/mol. The molecular weight excluding hydrogens is 394 g/mol. The highest BCUT2D eigenvalue weighted by Gasteiger charge is 2.23. The van der Waals surface area contributed by atoms with Crippen LogP contribution in [0.4, 0.5) is 0 Å². The van der Waals surface area contributed by atoms with Crippen molar-refractivity contribution in [3.63, 3.8) is 0 Å². The topological polar surface area (TPSA) is 87.8 Å². The van der Waals surface area contributed by atoms with E-state index in [4.69, 9.17) is 14.3 Å². The van der Waals surface area contributed by atoms with E-state index in [0.717, 1.165) is 53.6 Å². The SMILES string of the molecule is Cc1ccccc1-c1cc(=O)oc2cc(CC(C)C(=O)N3CCCC3)ccc12.O=CO. The van der Waals surface area contributed by atoms with Gasteiger partial charge in [0.05, 0.1) is 0 Å². The maximum absolute atomic E-state index is 12.6. The molecule has 162 valence electrons. The van der Waals surface area contributed by atoms with Gasteiger partial charge in [0.1, 0.15) is 5.58 Å². The van der Waals surface area contributed by atoms with Crippen molar-refractivity contribution in [3.05, 3.63) is 70.1 Å². The average molecular weight is 421 g/mol. The van der Waals surface area contributed by atoms with Crippen LogP contribution in [0.15, 0.2) is 57.7 Å². The van der Waals surface area contributed by atoms with Crippen molar-refractivity contribution in [2.75, 3.05) is 13.1 Å². The summed E-state index contributed by atoms with van der Waals surface area (Å²) in [7, 11) is 0. The summed E-state index contributed by atoms with van der Waals surface area (Å²) in [5.74, 6) is 0.134. The van der Waals surface area contributed by atoms with E-state index in [0.29, 0.717) is 12.0 Å². The zero-order chi connectivity index (χ0) is 22.4. The van der Waals surface area contributed by atoms with Crippen LogP contribution in [0.2, 0.25) is 0 Å². The fourth-order valence-electron chi connectivity index (χ4n) is 4.12. The average Bonchev–Trinajstić information content (AvgIpc) is 3.28. The van der Waals surface area contributed by atoms with Gasteiger partial charge < -0.3 is 14.4 Å². The van der Waals surface area contributed by atoms with Gasteiger partial charge in [0.2, 0.25) is 5.91 Å². The number of likely N-dealkylation sites (tertiary alicyclic amines) is 1. The molecule has 6 heteroatoms. The Morgan fingerprint density at radius 2 is 1.81 bits per heavy atom. The number of carboxylic acid groups (broad SMARTS) is 1. The molecule has 1 unspecified atom stereocenters. The highest BCUT2D eigenvalue weighted by molar-refractivity contribution is 5.94. The third-order valence-corrected chi connectivity index (χ3v) is 5.63. The molecule has 1 saturated heterocycles. The van der Waals surface area contributed by atoms with E-state index in [1.165, 1.54) is 0 Å². The minimum absolute atomic E-state index is 0.0816. The van der Waals surface area contributed by atoms with Crippen molar-refractivity contribution in [3.8, 4) is 11.1 Å². The first kappa shape index (κ1) is 22.3. The van der Waals surface area contributed by atoms with Crippen molar-refractivity contribution in [1.82, 2.24) is 4.90 Å². The number of rotatable bonds is 4. The summed E-state index contributed by atoms with van der Waals surface area (Å²) in [5, 5.41) is 7.80. The third-order valence-electron chi connectivity index (χ3n) is 5.63. The molecule has 1 N–H and O–H groups in total. The maximum atomic E-state index is 12.6. The summed E-state index contributed by atoms with van der Waals surface area (Å²) in [4.78, 5) is 35.1. The lowest BCUT2D eigenvalue weighted by atomic mass is 9.95. The minimum Gasteiger partial charge on any atom is -0.483 e. The van der Waals surface area contributed by atoms with Gasteiger partial charge in [-0.1, -0.05) is 43.3 Å². The number of aryl methyl sites for hydroxylation is 1. The Balaban J connectivity index is 0.000000858. The molecule has 1 aliphatic rings. The summed E-state index contributed by atoms with van der Waals surface area (Å²) in [6, 6.07) is 15.5. The molecule has 0 radical (unpaired) electrons. The van der Waals surface area contributed by atoms with Gasteiger partial charge in [0.25, 0.3) is 6.47 Å². The Morgan fingerprint density at radius 1 is 1.13 bits per heavy atom. The van der Waals surface area contributed by atoms with Gasteiger partial charge in [0.15, 0.2) is 0 Å². The first-order valence-corrected chi connectivity index (χ1v) is 10.4. The van der Waals surface area contributed by atoms with Crippen LogP contribution in [0.3, 0.4) is 0 Å². The van der Waals surface area contributed by atoms with Gasteiger partial charge in [-0.05, 0) is 48.9 Å². The number of amides is 1. The summed E-state index contributed by atoms with van der Waals surface area (Å²) in [6.07, 6.45) is 2.84. The highest BCUT2D eigenvalue weighted by Crippen LogP contribution is 2.30. The Kier molecular flexibility index (Phi) is 7.23. The quantitative estimate of drug-likeness (QED) is 0.502. The molecule has 1 amide bonds. The monoisotopic (exact) mass is 421 g/mol. The summed E-state index contributed by atoms with van der Waals surface area (Å²) in [5.41, 5.74) is 4.26. The minimum atomic E-state index is -0.357. The predicted octanol–water partition coefficient (Wildman–Crippen LogP) is 4.27. The van der Waals surface area contributed by atoms with E-state index < -0.39 is 0 Å². The second-order valence-corrected chi connectivity index (χ2v) is 7.87. The van der Waals surface area contributed by atoms with Crippen molar-refractivity contribution in [1.29, 1.82) is 0 Å². The standard InChI is InChI=1S/C24H25NO3.CH2O2/c1-16-7-3-4-8-19(16)21-15-23(26)28-22-14-18(9-10-20(21)22)13-17(2)24(27)25-11-5-6-12-25;2-1-3/h3-4,7-10,14-15,17H,5-6,11-13H2,1-2H3;1H,(H,2,3). The van der Waals surface area contributed by atoms with E-state index >= 15 is 0 Å². The van der Waals surface area contributed by atoms with Crippen LogP contribution in [-0.4, -0.2) is 35.5 Å². The van der Waals surface area contributed by atoms with Gasteiger partial charge in [0, 0.05) is 36.0 Å². The van der Waals surface area contributed by atoms with Crippen LogP contribution in [0.5, 0.6) is 0 Å². The number of nitrogens with zero attached hydrogens (tertiary/aromatic N) is 1. The van der Waals surface area contributed by atoms with Crippen molar-refractivity contribution < 1.29 is 19.1 Å². The first-order valence-electron chi connectivity index (χ1n) is 10.4. The molecule has 4 rings (SSSR count). The molecule has 2 aromatic carbocycles. The lowest BCUT2D eigenvalue weighted by Crippen LogP contribution is -2.33. The normalized spacial score (nSPS) is 14.1. The van der Waals surface area contributed by atoms with Crippen molar-refractivity contribution >= 4 is 23.3 Å². The molecule has 0 aliphatic carbocycles. The zero-order valence-electron chi connectivity index (χ0n) is 17.8. The van der Waals surface area contributed by atoms with E-state index in [2.05, 4.69) is 0 Å². The molecule has 6 nitrogen and oxygen atoms in total. The van der Waals surface area contributed by atoms with E-state index in [9.17, 15) is 9.59 Å². The molecule has 31 heavy (non-hydrogen) atoms. The molecule has 1 aliphatic heterocycles. The Labute approximate surface area is 181 Å². The molecule has 1 fully saturated rings. The van der Waals surface area contributed by atoms with Crippen LogP contribution < -0.4 is 5.63 Å². The molecule has 1 atom stereocenters. The second kappa shape index (κ2) is 10.1. The summed E-state index contributed by atoms with van der Waals surface area (Å²) >= 11 is 0. The molecule has 0 bridgehead atoms. The van der Waals surface area contributed by atoms with Gasteiger partial charge in [-0.25, -0.2) is 4.79 Å². The van der Waals surface area contributed by atoms with E-state index in [1.54, 1.807) is 6.07 Å². The largest absolute Gasteiger partial charge is 0.483 e. The van der Waals surface area contributed by atoms with Crippen LogP contribution in [-0.2, 0) is 16.0 Å². The summed E-state index contributed by atoms with van der Waals surface area (Å²) < 4.78 is 5.50. The lowest BCUT2D eigenvalue weighted by Gasteiger charge is -2.20. The fourth-order valence-corrected chi connectivity index (χ4v) is 4.12. The molecule has 0 saturated carbocycles. The Hall–Kier alpha value is -3.41. The van der Waals surface area contributed by atoms with Crippen molar-refractivity contribution in [2.24, 2.45) is 5.92 Å². The van der Waals surface area contributed by atoms with Gasteiger partial charge in [-0.15, -0.1) is 0 Å². The second-order valence-electron chi connectivity index (χ2n) is 7.87. The number of fused-ring (bicyclic) bond motifs is 1. The van der Waals surface area contributed by atoms with Gasteiger partial charge >= 0.3 is 5.63 Å². The number of carbonyl (C=O) groups excluding carboxylic acids is 1. The number of hydrogen-bond donors (Lipinski definition) is 1. The van der Waals surface area contributed by atoms with Crippen LogP contribution in [0, 0.1) is 12.8 Å². The van der Waals surface area contributed by atoms with Gasteiger partial charge in [-0.2, -0.15) is 0 Å².